The molecule has 0 bridgehead atoms. The molecule has 1 unspecified atom stereocenters. The number of hydrogen-bond acceptors (Lipinski definition) is 1. The van der Waals surface area contributed by atoms with Gasteiger partial charge in [0.2, 0.25) is 0 Å². The maximum atomic E-state index is 4.38. The van der Waals surface area contributed by atoms with Gasteiger partial charge in [-0.3, -0.25) is 4.68 Å². The molecule has 0 radical (unpaired) electrons. The third kappa shape index (κ3) is 2.86. The monoisotopic (exact) mass is 194 g/mol. The minimum atomic E-state index is 0.662. The van der Waals surface area contributed by atoms with Gasteiger partial charge in [0.15, 0.2) is 0 Å². The largest absolute Gasteiger partial charge is 0.275 e. The quantitative estimate of drug-likeness (QED) is 0.657. The van der Waals surface area contributed by atoms with Crippen molar-refractivity contribution in [3.63, 3.8) is 0 Å². The van der Waals surface area contributed by atoms with Gasteiger partial charge in [-0.15, -0.1) is 0 Å². The first-order valence-electron chi connectivity index (χ1n) is 5.65. The van der Waals surface area contributed by atoms with E-state index in [0.717, 1.165) is 0 Å². The van der Waals surface area contributed by atoms with Gasteiger partial charge in [-0.1, -0.05) is 33.1 Å². The lowest BCUT2D eigenvalue weighted by molar-refractivity contribution is 0.596. The SMILES string of the molecule is CCCCCC(C)c1cn(C)nc1C. The van der Waals surface area contributed by atoms with Crippen LogP contribution in [0.5, 0.6) is 0 Å². The van der Waals surface area contributed by atoms with Crippen LogP contribution in [0.2, 0.25) is 0 Å². The molecule has 14 heavy (non-hydrogen) atoms. The molecule has 0 fully saturated rings. The van der Waals surface area contributed by atoms with Crippen molar-refractivity contribution in [3.8, 4) is 0 Å². The fourth-order valence-corrected chi connectivity index (χ4v) is 1.96. The van der Waals surface area contributed by atoms with E-state index in [0.29, 0.717) is 5.92 Å². The number of nitrogens with zero attached hydrogens (tertiary/aromatic N) is 2. The first-order valence-corrected chi connectivity index (χ1v) is 5.65. The fourth-order valence-electron chi connectivity index (χ4n) is 1.96. The van der Waals surface area contributed by atoms with Crippen molar-refractivity contribution < 1.29 is 0 Å². The van der Waals surface area contributed by atoms with Gasteiger partial charge in [0.05, 0.1) is 5.69 Å². The summed E-state index contributed by atoms with van der Waals surface area (Å²) in [5.41, 5.74) is 2.61. The van der Waals surface area contributed by atoms with Crippen LogP contribution in [0.25, 0.3) is 0 Å². The number of aryl methyl sites for hydroxylation is 2. The summed E-state index contributed by atoms with van der Waals surface area (Å²) in [6.07, 6.45) is 7.45. The Morgan fingerprint density at radius 1 is 1.43 bits per heavy atom. The zero-order valence-corrected chi connectivity index (χ0v) is 9.88. The van der Waals surface area contributed by atoms with E-state index in [9.17, 15) is 0 Å². The second-order valence-electron chi connectivity index (χ2n) is 4.24. The van der Waals surface area contributed by atoms with Gasteiger partial charge in [-0.25, -0.2) is 0 Å². The second kappa shape index (κ2) is 5.18. The van der Waals surface area contributed by atoms with Crippen molar-refractivity contribution in [1.82, 2.24) is 9.78 Å². The highest BCUT2D eigenvalue weighted by molar-refractivity contribution is 5.19. The topological polar surface area (TPSA) is 17.8 Å². The van der Waals surface area contributed by atoms with Crippen LogP contribution in [-0.4, -0.2) is 9.78 Å². The molecule has 80 valence electrons. The third-order valence-corrected chi connectivity index (χ3v) is 2.82. The molecule has 0 saturated carbocycles. The van der Waals surface area contributed by atoms with Gasteiger partial charge >= 0.3 is 0 Å². The molecule has 0 spiro atoms. The van der Waals surface area contributed by atoms with Crippen LogP contribution >= 0.6 is 0 Å². The first-order chi connectivity index (χ1) is 6.65. The Hall–Kier alpha value is -0.790. The normalized spacial score (nSPS) is 13.1. The molecule has 0 aliphatic carbocycles. The second-order valence-corrected chi connectivity index (χ2v) is 4.24. The molecule has 1 aromatic rings. The predicted octanol–water partition coefficient (Wildman–Crippen LogP) is 3.41. The van der Waals surface area contributed by atoms with Crippen LogP contribution in [0, 0.1) is 6.92 Å². The molecular formula is C12H22N2. The molecule has 2 nitrogen and oxygen atoms in total. The lowest BCUT2D eigenvalue weighted by Crippen LogP contribution is -1.94. The van der Waals surface area contributed by atoms with Crippen LogP contribution in [0.3, 0.4) is 0 Å². The lowest BCUT2D eigenvalue weighted by atomic mass is 9.96. The summed E-state index contributed by atoms with van der Waals surface area (Å²) in [6.45, 7) is 6.66. The van der Waals surface area contributed by atoms with E-state index < -0.39 is 0 Å². The third-order valence-electron chi connectivity index (χ3n) is 2.82. The Labute approximate surface area is 87.3 Å². The van der Waals surface area contributed by atoms with Gasteiger partial charge in [0, 0.05) is 13.2 Å². The molecule has 0 aromatic carbocycles. The zero-order chi connectivity index (χ0) is 10.6. The Kier molecular flexibility index (Phi) is 4.18. The summed E-state index contributed by atoms with van der Waals surface area (Å²) >= 11 is 0. The highest BCUT2D eigenvalue weighted by Gasteiger charge is 2.10. The Morgan fingerprint density at radius 3 is 2.64 bits per heavy atom. The Morgan fingerprint density at radius 2 is 2.14 bits per heavy atom. The molecule has 0 aliphatic heterocycles. The maximum absolute atomic E-state index is 4.38. The Balaban J connectivity index is 2.51. The van der Waals surface area contributed by atoms with E-state index in [1.54, 1.807) is 0 Å². The van der Waals surface area contributed by atoms with Crippen molar-refractivity contribution in [2.45, 2.75) is 52.4 Å². The summed E-state index contributed by atoms with van der Waals surface area (Å²) in [6, 6.07) is 0. The molecule has 1 rings (SSSR count). The highest BCUT2D eigenvalue weighted by atomic mass is 15.2. The lowest BCUT2D eigenvalue weighted by Gasteiger charge is -2.09. The number of aromatic nitrogens is 2. The van der Waals surface area contributed by atoms with E-state index >= 15 is 0 Å². The fraction of sp³-hybridized carbons (Fsp3) is 0.750. The summed E-state index contributed by atoms with van der Waals surface area (Å²) in [5, 5.41) is 4.38. The van der Waals surface area contributed by atoms with Crippen molar-refractivity contribution in [2.24, 2.45) is 7.05 Å². The van der Waals surface area contributed by atoms with Crippen molar-refractivity contribution >= 4 is 0 Å². The van der Waals surface area contributed by atoms with E-state index in [1.807, 2.05) is 11.7 Å². The minimum Gasteiger partial charge on any atom is -0.275 e. The van der Waals surface area contributed by atoms with Crippen LogP contribution in [-0.2, 0) is 7.05 Å². The van der Waals surface area contributed by atoms with Crippen LogP contribution in [0.4, 0.5) is 0 Å². The molecule has 0 N–H and O–H groups in total. The molecule has 1 heterocycles. The van der Waals surface area contributed by atoms with Gasteiger partial charge in [0.25, 0.3) is 0 Å². The van der Waals surface area contributed by atoms with E-state index in [-0.39, 0.29) is 0 Å². The van der Waals surface area contributed by atoms with Crippen molar-refractivity contribution in [2.75, 3.05) is 0 Å². The van der Waals surface area contributed by atoms with Gasteiger partial charge in [-0.2, -0.15) is 5.10 Å². The standard InChI is InChI=1S/C12H22N2/c1-5-6-7-8-10(2)12-9-14(4)13-11(12)3/h9-10H,5-8H2,1-4H3. The van der Waals surface area contributed by atoms with Crippen molar-refractivity contribution in [3.05, 3.63) is 17.5 Å². The molecule has 0 amide bonds. The summed E-state index contributed by atoms with van der Waals surface area (Å²) < 4.78 is 1.92. The molecule has 0 saturated heterocycles. The van der Waals surface area contributed by atoms with Gasteiger partial charge in [0.1, 0.15) is 0 Å². The molecule has 2 heteroatoms. The van der Waals surface area contributed by atoms with Crippen LogP contribution in [0.15, 0.2) is 6.20 Å². The number of rotatable bonds is 5. The smallest absolute Gasteiger partial charge is 0.0628 e. The van der Waals surface area contributed by atoms with Crippen LogP contribution in [0.1, 0.15) is 56.7 Å². The minimum absolute atomic E-state index is 0.662. The number of hydrogen-bond donors (Lipinski definition) is 0. The Bertz CT molecular complexity index is 276. The predicted molar refractivity (Wildman–Crippen MR) is 60.5 cm³/mol. The summed E-state index contributed by atoms with van der Waals surface area (Å²) in [7, 11) is 2.00. The first kappa shape index (κ1) is 11.3. The molecule has 1 atom stereocenters. The molecule has 0 aliphatic rings. The molecular weight excluding hydrogens is 172 g/mol. The number of unbranched alkanes of at least 4 members (excludes halogenated alkanes) is 2. The van der Waals surface area contributed by atoms with E-state index in [4.69, 9.17) is 0 Å². The van der Waals surface area contributed by atoms with Gasteiger partial charge < -0.3 is 0 Å². The van der Waals surface area contributed by atoms with Gasteiger partial charge in [-0.05, 0) is 24.8 Å². The average Bonchev–Trinajstić information content (AvgIpc) is 2.45. The summed E-state index contributed by atoms with van der Waals surface area (Å²) in [4.78, 5) is 0. The highest BCUT2D eigenvalue weighted by Crippen LogP contribution is 2.23. The van der Waals surface area contributed by atoms with E-state index in [2.05, 4.69) is 32.1 Å². The zero-order valence-electron chi connectivity index (χ0n) is 9.88. The summed E-state index contributed by atoms with van der Waals surface area (Å²) in [5.74, 6) is 0.662. The average molecular weight is 194 g/mol. The van der Waals surface area contributed by atoms with E-state index in [1.165, 1.54) is 36.9 Å². The molecule has 1 aromatic heterocycles. The maximum Gasteiger partial charge on any atom is 0.0628 e. The van der Waals surface area contributed by atoms with Crippen LogP contribution < -0.4 is 0 Å². The van der Waals surface area contributed by atoms with Crippen molar-refractivity contribution in [1.29, 1.82) is 0 Å².